The summed E-state index contributed by atoms with van der Waals surface area (Å²) < 4.78 is 33.3. The Bertz CT molecular complexity index is 1410. The number of hydrogen-bond donors (Lipinski definition) is 1. The summed E-state index contributed by atoms with van der Waals surface area (Å²) in [4.78, 5) is 37.2. The molecule has 178 valence electrons. The van der Waals surface area contributed by atoms with Crippen molar-refractivity contribution in [2.75, 3.05) is 25.0 Å². The number of nitrogens with one attached hydrogen (secondary N) is 1. The third kappa shape index (κ3) is 4.85. The molecule has 1 saturated heterocycles. The van der Waals surface area contributed by atoms with Crippen LogP contribution in [0.2, 0.25) is 0 Å². The van der Waals surface area contributed by atoms with Crippen LogP contribution < -0.4 is 10.9 Å². The minimum atomic E-state index is -3.65. The third-order valence-corrected chi connectivity index (χ3v) is 7.45. The summed E-state index contributed by atoms with van der Waals surface area (Å²) in [7, 11) is -2.23. The number of sulfonamides is 1. The highest BCUT2D eigenvalue weighted by molar-refractivity contribution is 7.89. The van der Waals surface area contributed by atoms with Gasteiger partial charge in [-0.3, -0.25) is 9.59 Å². The molecule has 0 aliphatic carbocycles. The van der Waals surface area contributed by atoms with Crippen molar-refractivity contribution in [3.05, 3.63) is 64.6 Å². The van der Waals surface area contributed by atoms with E-state index in [0.29, 0.717) is 23.9 Å². The van der Waals surface area contributed by atoms with Gasteiger partial charge in [-0.15, -0.1) is 0 Å². The SMILES string of the molecule is Cn1nc(C(=O)OCC(=O)Nc2cccc(S(=O)(=O)N3CCCCC3)c2)c2ccccc2c1=O. The van der Waals surface area contributed by atoms with Gasteiger partial charge in [0, 0.05) is 31.2 Å². The van der Waals surface area contributed by atoms with E-state index in [0.717, 1.165) is 23.9 Å². The van der Waals surface area contributed by atoms with Crippen LogP contribution in [0.5, 0.6) is 0 Å². The van der Waals surface area contributed by atoms with Crippen LogP contribution in [0.25, 0.3) is 10.8 Å². The number of carbonyl (C=O) groups excluding carboxylic acids is 2. The van der Waals surface area contributed by atoms with Gasteiger partial charge in [-0.2, -0.15) is 9.40 Å². The van der Waals surface area contributed by atoms with E-state index < -0.39 is 28.5 Å². The molecule has 1 N–H and O–H groups in total. The van der Waals surface area contributed by atoms with Crippen molar-refractivity contribution in [3.8, 4) is 0 Å². The summed E-state index contributed by atoms with van der Waals surface area (Å²) in [5.74, 6) is -1.50. The van der Waals surface area contributed by atoms with Gasteiger partial charge in [0.25, 0.3) is 11.5 Å². The largest absolute Gasteiger partial charge is 0.451 e. The smallest absolute Gasteiger partial charge is 0.359 e. The molecule has 0 bridgehead atoms. The summed E-state index contributed by atoms with van der Waals surface area (Å²) in [5, 5.41) is 7.15. The number of amides is 1. The highest BCUT2D eigenvalue weighted by Crippen LogP contribution is 2.23. The molecule has 3 aromatic rings. The first-order valence-corrected chi connectivity index (χ1v) is 12.2. The molecule has 0 spiro atoms. The molecule has 4 rings (SSSR count). The Balaban J connectivity index is 1.44. The first-order chi connectivity index (χ1) is 16.3. The zero-order valence-corrected chi connectivity index (χ0v) is 19.4. The highest BCUT2D eigenvalue weighted by Gasteiger charge is 2.26. The van der Waals surface area contributed by atoms with Gasteiger partial charge in [-0.05, 0) is 37.1 Å². The summed E-state index contributed by atoms with van der Waals surface area (Å²) >= 11 is 0. The van der Waals surface area contributed by atoms with Gasteiger partial charge in [0.05, 0.1) is 10.3 Å². The molecule has 1 amide bonds. The van der Waals surface area contributed by atoms with Crippen molar-refractivity contribution in [3.63, 3.8) is 0 Å². The molecule has 34 heavy (non-hydrogen) atoms. The summed E-state index contributed by atoms with van der Waals surface area (Å²) in [6.45, 7) is 0.339. The second-order valence-corrected chi connectivity index (χ2v) is 9.88. The maximum Gasteiger partial charge on any atom is 0.359 e. The van der Waals surface area contributed by atoms with E-state index in [9.17, 15) is 22.8 Å². The molecule has 1 aliphatic heterocycles. The number of benzene rings is 2. The van der Waals surface area contributed by atoms with E-state index >= 15 is 0 Å². The van der Waals surface area contributed by atoms with E-state index in [1.165, 1.54) is 23.5 Å². The molecule has 1 fully saturated rings. The lowest BCUT2D eigenvalue weighted by molar-refractivity contribution is -0.119. The molecule has 0 atom stereocenters. The number of aryl methyl sites for hydroxylation is 1. The second-order valence-electron chi connectivity index (χ2n) is 7.94. The highest BCUT2D eigenvalue weighted by atomic mass is 32.2. The van der Waals surface area contributed by atoms with Crippen molar-refractivity contribution in [1.29, 1.82) is 0 Å². The number of ether oxygens (including phenoxy) is 1. The number of carbonyl (C=O) groups is 2. The first kappa shape index (κ1) is 23.6. The van der Waals surface area contributed by atoms with Crippen LogP contribution in [0.1, 0.15) is 29.8 Å². The fraction of sp³-hybridized carbons (Fsp3) is 0.304. The number of piperidine rings is 1. The Hall–Kier alpha value is -3.57. The molecule has 0 unspecified atom stereocenters. The van der Waals surface area contributed by atoms with Gasteiger partial charge in [-0.25, -0.2) is 17.9 Å². The van der Waals surface area contributed by atoms with Gasteiger partial charge >= 0.3 is 5.97 Å². The minimum Gasteiger partial charge on any atom is -0.451 e. The molecule has 1 aliphatic rings. The fourth-order valence-corrected chi connectivity index (χ4v) is 5.40. The molecule has 0 radical (unpaired) electrons. The first-order valence-electron chi connectivity index (χ1n) is 10.8. The van der Waals surface area contributed by atoms with Gasteiger partial charge in [-0.1, -0.05) is 30.7 Å². The van der Waals surface area contributed by atoms with Crippen molar-refractivity contribution in [2.45, 2.75) is 24.2 Å². The maximum atomic E-state index is 12.9. The Morgan fingerprint density at radius 2 is 1.74 bits per heavy atom. The van der Waals surface area contributed by atoms with Crippen LogP contribution in [-0.2, 0) is 26.6 Å². The average Bonchev–Trinajstić information content (AvgIpc) is 2.85. The topological polar surface area (TPSA) is 128 Å². The van der Waals surface area contributed by atoms with Gasteiger partial charge in [0.2, 0.25) is 10.0 Å². The Morgan fingerprint density at radius 1 is 1.03 bits per heavy atom. The zero-order chi connectivity index (χ0) is 24.3. The maximum absolute atomic E-state index is 12.9. The van der Waals surface area contributed by atoms with E-state index in [1.807, 2.05) is 0 Å². The number of hydrogen-bond acceptors (Lipinski definition) is 7. The quantitative estimate of drug-likeness (QED) is 0.529. The van der Waals surface area contributed by atoms with Crippen LogP contribution >= 0.6 is 0 Å². The number of aromatic nitrogens is 2. The number of anilines is 1. The monoisotopic (exact) mass is 484 g/mol. The fourth-order valence-electron chi connectivity index (χ4n) is 3.84. The van der Waals surface area contributed by atoms with Crippen LogP contribution in [0.15, 0.2) is 58.2 Å². The lowest BCUT2D eigenvalue weighted by atomic mass is 10.1. The summed E-state index contributed by atoms with van der Waals surface area (Å²) in [6.07, 6.45) is 2.65. The van der Waals surface area contributed by atoms with Crippen LogP contribution in [0.3, 0.4) is 0 Å². The molecular formula is C23H24N4O6S. The molecule has 11 heteroatoms. The molecule has 2 aromatic carbocycles. The van der Waals surface area contributed by atoms with Crippen LogP contribution in [0, 0.1) is 0 Å². The molecule has 1 aromatic heterocycles. The van der Waals surface area contributed by atoms with E-state index in [4.69, 9.17) is 4.74 Å². The Kier molecular flexibility index (Phi) is 6.75. The third-order valence-electron chi connectivity index (χ3n) is 5.55. The van der Waals surface area contributed by atoms with Gasteiger partial charge in [0.15, 0.2) is 12.3 Å². The van der Waals surface area contributed by atoms with E-state index in [-0.39, 0.29) is 21.8 Å². The number of nitrogens with zero attached hydrogens (tertiary/aromatic N) is 3. The average molecular weight is 485 g/mol. The minimum absolute atomic E-state index is 0.0832. The summed E-state index contributed by atoms with van der Waals surface area (Å²) in [5.41, 5.74) is -0.172. The molecular weight excluding hydrogens is 460 g/mol. The number of rotatable bonds is 6. The van der Waals surface area contributed by atoms with Crippen molar-refractivity contribution in [2.24, 2.45) is 7.05 Å². The van der Waals surface area contributed by atoms with Crippen LogP contribution in [0.4, 0.5) is 5.69 Å². The van der Waals surface area contributed by atoms with Crippen LogP contribution in [-0.4, -0.2) is 54.1 Å². The van der Waals surface area contributed by atoms with E-state index in [1.54, 1.807) is 36.4 Å². The predicted octanol–water partition coefficient (Wildman–Crippen LogP) is 1.90. The Labute approximate surface area is 196 Å². The van der Waals surface area contributed by atoms with Crippen molar-refractivity contribution >= 4 is 38.4 Å². The summed E-state index contributed by atoms with van der Waals surface area (Å²) in [6, 6.07) is 12.4. The Morgan fingerprint density at radius 3 is 2.47 bits per heavy atom. The molecule has 10 nitrogen and oxygen atoms in total. The van der Waals surface area contributed by atoms with Crippen molar-refractivity contribution < 1.29 is 22.7 Å². The standard InChI is InChI=1S/C23H24N4O6S/c1-26-22(29)19-11-4-3-10-18(19)21(25-26)23(30)33-15-20(28)24-16-8-7-9-17(14-16)34(31,32)27-12-5-2-6-13-27/h3-4,7-11,14H,2,5-6,12-13,15H2,1H3,(H,24,28). The number of fused-ring (bicyclic) bond motifs is 1. The second kappa shape index (κ2) is 9.74. The number of esters is 1. The lowest BCUT2D eigenvalue weighted by Gasteiger charge is -2.26. The zero-order valence-electron chi connectivity index (χ0n) is 18.6. The van der Waals surface area contributed by atoms with Crippen molar-refractivity contribution in [1.82, 2.24) is 14.1 Å². The predicted molar refractivity (Wildman–Crippen MR) is 125 cm³/mol. The van der Waals surface area contributed by atoms with Gasteiger partial charge < -0.3 is 10.1 Å². The lowest BCUT2D eigenvalue weighted by Crippen LogP contribution is -2.35. The van der Waals surface area contributed by atoms with Gasteiger partial charge in [0.1, 0.15) is 0 Å². The normalized spacial score (nSPS) is 14.6. The van der Waals surface area contributed by atoms with E-state index in [2.05, 4.69) is 10.4 Å². The molecule has 0 saturated carbocycles. The molecule has 2 heterocycles.